The van der Waals surface area contributed by atoms with Crippen molar-refractivity contribution in [1.29, 1.82) is 0 Å². The van der Waals surface area contributed by atoms with Crippen LogP contribution in [0.15, 0.2) is 33.7 Å². The number of aryl methyl sites for hydroxylation is 3. The molecule has 0 saturated carbocycles. The summed E-state index contributed by atoms with van der Waals surface area (Å²) in [6.07, 6.45) is 5.97. The molecule has 0 atom stereocenters. The first-order chi connectivity index (χ1) is 13.1. The van der Waals surface area contributed by atoms with E-state index in [4.69, 9.17) is 20.8 Å². The Labute approximate surface area is 163 Å². The summed E-state index contributed by atoms with van der Waals surface area (Å²) in [5.41, 5.74) is 2.14. The third-order valence-corrected chi connectivity index (χ3v) is 6.42. The largest absolute Gasteiger partial charge is 0.436 e. The van der Waals surface area contributed by atoms with Gasteiger partial charge in [0.25, 0.3) is 0 Å². The van der Waals surface area contributed by atoms with Gasteiger partial charge in [-0.15, -0.1) is 11.3 Å². The van der Waals surface area contributed by atoms with Crippen LogP contribution in [0.3, 0.4) is 0 Å². The standard InChI is InChI=1S/C20H15ClN2O3S/c1-10-6-17(24)25-14-8-15(13(21)7-12(10)14)26-19-18-11-4-2-3-5-16(11)27-20(18)23-9-22-19/h6-9H,2-5H2,1H3. The number of hydrogen-bond acceptors (Lipinski definition) is 6. The summed E-state index contributed by atoms with van der Waals surface area (Å²) in [5, 5.41) is 2.20. The van der Waals surface area contributed by atoms with Crippen LogP contribution >= 0.6 is 22.9 Å². The molecule has 0 amide bonds. The maximum atomic E-state index is 11.7. The van der Waals surface area contributed by atoms with Crippen molar-refractivity contribution < 1.29 is 9.15 Å². The van der Waals surface area contributed by atoms with Crippen molar-refractivity contribution in [2.45, 2.75) is 32.6 Å². The molecule has 27 heavy (non-hydrogen) atoms. The third kappa shape index (κ3) is 2.80. The number of ether oxygens (including phenoxy) is 1. The molecule has 4 aromatic rings. The van der Waals surface area contributed by atoms with E-state index < -0.39 is 5.63 Å². The molecule has 0 aliphatic heterocycles. The normalized spacial score (nSPS) is 13.9. The van der Waals surface area contributed by atoms with Gasteiger partial charge in [-0.3, -0.25) is 0 Å². The van der Waals surface area contributed by atoms with E-state index in [9.17, 15) is 4.79 Å². The molecule has 0 N–H and O–H groups in total. The van der Waals surface area contributed by atoms with Crippen molar-refractivity contribution in [3.63, 3.8) is 0 Å². The van der Waals surface area contributed by atoms with Gasteiger partial charge in [0.15, 0.2) is 5.75 Å². The Morgan fingerprint density at radius 2 is 2.04 bits per heavy atom. The zero-order valence-corrected chi connectivity index (χ0v) is 16.1. The van der Waals surface area contributed by atoms with Gasteiger partial charge in [-0.2, -0.15) is 0 Å². The van der Waals surface area contributed by atoms with Crippen LogP contribution in [0.1, 0.15) is 28.8 Å². The Bertz CT molecular complexity index is 1260. The van der Waals surface area contributed by atoms with Crippen LogP contribution in [0.4, 0.5) is 0 Å². The van der Waals surface area contributed by atoms with Crippen molar-refractivity contribution in [1.82, 2.24) is 9.97 Å². The molecule has 0 saturated heterocycles. The Kier molecular flexibility index (Phi) is 3.91. The SMILES string of the molecule is Cc1cc(=O)oc2cc(Oc3ncnc4sc5c(c34)CCCC5)c(Cl)cc12. The molecular weight excluding hydrogens is 384 g/mol. The predicted molar refractivity (Wildman–Crippen MR) is 106 cm³/mol. The highest BCUT2D eigenvalue weighted by Gasteiger charge is 2.21. The van der Waals surface area contributed by atoms with Gasteiger partial charge < -0.3 is 9.15 Å². The van der Waals surface area contributed by atoms with Crippen LogP contribution in [0.2, 0.25) is 5.02 Å². The summed E-state index contributed by atoms with van der Waals surface area (Å²) in [6.45, 7) is 1.85. The minimum absolute atomic E-state index is 0.399. The highest BCUT2D eigenvalue weighted by atomic mass is 35.5. The molecule has 0 spiro atoms. The Hall–Kier alpha value is -2.44. The molecule has 5 rings (SSSR count). The van der Waals surface area contributed by atoms with Gasteiger partial charge in [0.1, 0.15) is 16.7 Å². The lowest BCUT2D eigenvalue weighted by molar-refractivity contribution is 0.466. The molecule has 0 unspecified atom stereocenters. The van der Waals surface area contributed by atoms with Gasteiger partial charge in [0, 0.05) is 22.4 Å². The van der Waals surface area contributed by atoms with Crippen molar-refractivity contribution in [2.75, 3.05) is 0 Å². The zero-order valence-electron chi connectivity index (χ0n) is 14.5. The molecule has 5 nitrogen and oxygen atoms in total. The van der Waals surface area contributed by atoms with E-state index in [1.54, 1.807) is 23.5 Å². The predicted octanol–water partition coefficient (Wildman–Crippen LogP) is 5.43. The number of thiophene rings is 1. The highest BCUT2D eigenvalue weighted by molar-refractivity contribution is 7.18. The summed E-state index contributed by atoms with van der Waals surface area (Å²) < 4.78 is 11.4. The molecule has 1 aliphatic rings. The van der Waals surface area contributed by atoms with Crippen LogP contribution < -0.4 is 10.4 Å². The summed E-state index contributed by atoms with van der Waals surface area (Å²) in [5.74, 6) is 0.907. The molecule has 0 bridgehead atoms. The van der Waals surface area contributed by atoms with E-state index in [-0.39, 0.29) is 0 Å². The fourth-order valence-corrected chi connectivity index (χ4v) is 5.06. The van der Waals surface area contributed by atoms with Crippen molar-refractivity contribution in [2.24, 2.45) is 0 Å². The molecule has 3 aromatic heterocycles. The number of hydrogen-bond donors (Lipinski definition) is 0. The summed E-state index contributed by atoms with van der Waals surface area (Å²) in [6, 6.07) is 4.86. The van der Waals surface area contributed by atoms with Gasteiger partial charge in [-0.05, 0) is 49.8 Å². The lowest BCUT2D eigenvalue weighted by atomic mass is 9.97. The molecular formula is C20H15ClN2O3S. The fourth-order valence-electron chi connectivity index (χ4n) is 3.64. The van der Waals surface area contributed by atoms with E-state index in [2.05, 4.69) is 9.97 Å². The van der Waals surface area contributed by atoms with Crippen LogP contribution in [0.25, 0.3) is 21.2 Å². The van der Waals surface area contributed by atoms with E-state index in [1.165, 1.54) is 29.3 Å². The fraction of sp³-hybridized carbons (Fsp3) is 0.250. The molecule has 0 radical (unpaired) electrons. The van der Waals surface area contributed by atoms with Crippen molar-refractivity contribution >= 4 is 44.1 Å². The van der Waals surface area contributed by atoms with Gasteiger partial charge in [-0.1, -0.05) is 11.6 Å². The number of nitrogens with zero attached hydrogens (tertiary/aromatic N) is 2. The molecule has 7 heteroatoms. The van der Waals surface area contributed by atoms with E-state index in [0.29, 0.717) is 22.2 Å². The molecule has 1 aromatic carbocycles. The topological polar surface area (TPSA) is 65.2 Å². The maximum Gasteiger partial charge on any atom is 0.336 e. The summed E-state index contributed by atoms with van der Waals surface area (Å²) in [7, 11) is 0. The maximum absolute atomic E-state index is 11.7. The Morgan fingerprint density at radius 1 is 1.19 bits per heavy atom. The van der Waals surface area contributed by atoms with Gasteiger partial charge in [0.05, 0.1) is 10.4 Å². The van der Waals surface area contributed by atoms with E-state index in [0.717, 1.165) is 40.4 Å². The quantitative estimate of drug-likeness (QED) is 0.421. The third-order valence-electron chi connectivity index (χ3n) is 4.93. The monoisotopic (exact) mass is 398 g/mol. The second-order valence-electron chi connectivity index (χ2n) is 6.70. The smallest absolute Gasteiger partial charge is 0.336 e. The molecule has 3 heterocycles. The zero-order chi connectivity index (χ0) is 18.5. The highest BCUT2D eigenvalue weighted by Crippen LogP contribution is 2.41. The second kappa shape index (κ2) is 6.32. The average Bonchev–Trinajstić information content (AvgIpc) is 3.02. The van der Waals surface area contributed by atoms with Crippen LogP contribution in [-0.2, 0) is 12.8 Å². The first kappa shape index (κ1) is 16.7. The van der Waals surface area contributed by atoms with E-state index >= 15 is 0 Å². The number of rotatable bonds is 2. The number of fused-ring (bicyclic) bond motifs is 4. The number of halogens is 1. The average molecular weight is 399 g/mol. The summed E-state index contributed by atoms with van der Waals surface area (Å²) >= 11 is 8.16. The first-order valence-corrected chi connectivity index (χ1v) is 9.97. The van der Waals surface area contributed by atoms with Gasteiger partial charge >= 0.3 is 5.63 Å². The van der Waals surface area contributed by atoms with Crippen LogP contribution in [0, 0.1) is 6.92 Å². The Morgan fingerprint density at radius 3 is 2.93 bits per heavy atom. The second-order valence-corrected chi connectivity index (χ2v) is 8.19. The van der Waals surface area contributed by atoms with Crippen molar-refractivity contribution in [3.05, 3.63) is 56.0 Å². The molecule has 136 valence electrons. The number of benzene rings is 1. The van der Waals surface area contributed by atoms with E-state index in [1.807, 2.05) is 6.92 Å². The van der Waals surface area contributed by atoms with Crippen LogP contribution in [-0.4, -0.2) is 9.97 Å². The lowest BCUT2D eigenvalue weighted by Crippen LogP contribution is -2.00. The molecule has 0 fully saturated rings. The minimum Gasteiger partial charge on any atom is -0.436 e. The van der Waals surface area contributed by atoms with Gasteiger partial charge in [-0.25, -0.2) is 14.8 Å². The minimum atomic E-state index is -0.399. The van der Waals surface area contributed by atoms with Gasteiger partial charge in [0.2, 0.25) is 5.88 Å². The van der Waals surface area contributed by atoms with Crippen LogP contribution in [0.5, 0.6) is 11.6 Å². The van der Waals surface area contributed by atoms with Crippen molar-refractivity contribution in [3.8, 4) is 11.6 Å². The first-order valence-electron chi connectivity index (χ1n) is 8.77. The molecule has 1 aliphatic carbocycles. The number of aromatic nitrogens is 2. The Balaban J connectivity index is 1.66. The lowest BCUT2D eigenvalue weighted by Gasteiger charge is -2.13. The summed E-state index contributed by atoms with van der Waals surface area (Å²) in [4.78, 5) is 22.8.